The molecule has 0 atom stereocenters. The van der Waals surface area contributed by atoms with Crippen molar-refractivity contribution >= 4 is 17.4 Å². The molecule has 0 radical (unpaired) electrons. The standard InChI is InChI=1S/C9H8F3N3O/c10-9(11,12)8(16)15-7(14)5-1-3-6(13)4-2-5/h1-4H,13H2,(H2,14,15,16). The summed E-state index contributed by atoms with van der Waals surface area (Å²) >= 11 is 0. The second kappa shape index (κ2) is 4.21. The van der Waals surface area contributed by atoms with Crippen molar-refractivity contribution in [1.29, 1.82) is 0 Å². The molecule has 1 rings (SSSR count). The van der Waals surface area contributed by atoms with E-state index in [0.29, 0.717) is 5.69 Å². The van der Waals surface area contributed by atoms with Crippen molar-refractivity contribution < 1.29 is 18.0 Å². The normalized spacial score (nSPS) is 12.6. The van der Waals surface area contributed by atoms with Crippen LogP contribution in [-0.2, 0) is 4.79 Å². The summed E-state index contributed by atoms with van der Waals surface area (Å²) in [7, 11) is 0. The number of amides is 1. The Balaban J connectivity index is 2.94. The molecule has 0 aliphatic rings. The number of amidine groups is 1. The van der Waals surface area contributed by atoms with Crippen molar-refractivity contribution in [2.24, 2.45) is 10.7 Å². The summed E-state index contributed by atoms with van der Waals surface area (Å²) in [5.74, 6) is -2.73. The number of hydrogen-bond donors (Lipinski definition) is 2. The molecule has 1 amide bonds. The van der Waals surface area contributed by atoms with E-state index in [4.69, 9.17) is 11.5 Å². The van der Waals surface area contributed by atoms with E-state index < -0.39 is 17.9 Å². The first-order valence-corrected chi connectivity index (χ1v) is 4.12. The van der Waals surface area contributed by atoms with Crippen LogP contribution < -0.4 is 11.5 Å². The Morgan fingerprint density at radius 2 is 1.69 bits per heavy atom. The molecule has 0 spiro atoms. The molecule has 1 aromatic carbocycles. The Morgan fingerprint density at radius 3 is 2.12 bits per heavy atom. The molecule has 0 heterocycles. The lowest BCUT2D eigenvalue weighted by Gasteiger charge is -2.03. The molecule has 0 aromatic heterocycles. The predicted molar refractivity (Wildman–Crippen MR) is 52.6 cm³/mol. The summed E-state index contributed by atoms with van der Waals surface area (Å²) in [6, 6.07) is 5.63. The minimum atomic E-state index is -5.02. The number of rotatable bonds is 1. The molecule has 86 valence electrons. The molecule has 0 unspecified atom stereocenters. The van der Waals surface area contributed by atoms with E-state index in [1.165, 1.54) is 24.3 Å². The van der Waals surface area contributed by atoms with Crippen LogP contribution in [0.5, 0.6) is 0 Å². The van der Waals surface area contributed by atoms with E-state index in [9.17, 15) is 18.0 Å². The number of nitrogen functional groups attached to an aromatic ring is 1. The number of carbonyl (C=O) groups excluding carboxylic acids is 1. The van der Waals surface area contributed by atoms with Gasteiger partial charge in [0.15, 0.2) is 0 Å². The summed E-state index contributed by atoms with van der Waals surface area (Å²) in [6.45, 7) is 0. The first-order valence-electron chi connectivity index (χ1n) is 4.12. The van der Waals surface area contributed by atoms with Gasteiger partial charge in [-0.15, -0.1) is 0 Å². The van der Waals surface area contributed by atoms with Gasteiger partial charge in [0.25, 0.3) is 0 Å². The molecule has 0 bridgehead atoms. The lowest BCUT2D eigenvalue weighted by Crippen LogP contribution is -2.25. The van der Waals surface area contributed by atoms with E-state index in [2.05, 4.69) is 4.99 Å². The Kier molecular flexibility index (Phi) is 3.17. The van der Waals surface area contributed by atoms with Gasteiger partial charge in [-0.2, -0.15) is 18.2 Å². The van der Waals surface area contributed by atoms with Crippen molar-refractivity contribution in [1.82, 2.24) is 0 Å². The lowest BCUT2D eigenvalue weighted by molar-refractivity contribution is -0.169. The van der Waals surface area contributed by atoms with Gasteiger partial charge in [-0.05, 0) is 24.3 Å². The number of anilines is 1. The molecule has 0 saturated heterocycles. The van der Waals surface area contributed by atoms with E-state index >= 15 is 0 Å². The van der Waals surface area contributed by atoms with Gasteiger partial charge in [0, 0.05) is 11.3 Å². The maximum absolute atomic E-state index is 11.9. The highest BCUT2D eigenvalue weighted by atomic mass is 19.4. The Bertz CT molecular complexity index is 423. The van der Waals surface area contributed by atoms with Crippen molar-refractivity contribution in [2.45, 2.75) is 6.18 Å². The van der Waals surface area contributed by atoms with Crippen molar-refractivity contribution in [3.8, 4) is 0 Å². The number of aliphatic imine (C=N–C) groups is 1. The maximum Gasteiger partial charge on any atom is 0.473 e. The molecule has 7 heteroatoms. The minimum absolute atomic E-state index is 0.201. The van der Waals surface area contributed by atoms with Gasteiger partial charge in [0.2, 0.25) is 0 Å². The van der Waals surface area contributed by atoms with Gasteiger partial charge in [-0.25, -0.2) is 0 Å². The maximum atomic E-state index is 11.9. The Morgan fingerprint density at radius 1 is 1.19 bits per heavy atom. The number of nitrogens with zero attached hydrogens (tertiary/aromatic N) is 1. The summed E-state index contributed by atoms with van der Waals surface area (Å²) in [6.07, 6.45) is -5.02. The van der Waals surface area contributed by atoms with Crippen LogP contribution in [0.4, 0.5) is 18.9 Å². The zero-order valence-corrected chi connectivity index (χ0v) is 7.95. The van der Waals surface area contributed by atoms with Gasteiger partial charge >= 0.3 is 12.1 Å². The third kappa shape index (κ3) is 2.97. The zero-order chi connectivity index (χ0) is 12.3. The molecule has 4 nitrogen and oxygen atoms in total. The molecule has 0 aliphatic carbocycles. The van der Waals surface area contributed by atoms with Gasteiger partial charge < -0.3 is 11.5 Å². The number of benzene rings is 1. The third-order valence-corrected chi connectivity index (χ3v) is 1.67. The average molecular weight is 231 g/mol. The summed E-state index contributed by atoms with van der Waals surface area (Å²) in [5, 5.41) is 0. The van der Waals surface area contributed by atoms with Crippen LogP contribution in [0.15, 0.2) is 29.3 Å². The van der Waals surface area contributed by atoms with Gasteiger partial charge in [-0.1, -0.05) is 0 Å². The van der Waals surface area contributed by atoms with Crippen LogP contribution >= 0.6 is 0 Å². The van der Waals surface area contributed by atoms with E-state index in [0.717, 1.165) is 0 Å². The van der Waals surface area contributed by atoms with Crippen LogP contribution in [0.2, 0.25) is 0 Å². The first-order chi connectivity index (χ1) is 7.30. The monoisotopic (exact) mass is 231 g/mol. The Labute approximate surface area is 88.8 Å². The minimum Gasteiger partial charge on any atom is -0.399 e. The highest BCUT2D eigenvalue weighted by molar-refractivity contribution is 6.05. The van der Waals surface area contributed by atoms with Gasteiger partial charge in [-0.3, -0.25) is 4.79 Å². The molecular weight excluding hydrogens is 223 g/mol. The second-order valence-corrected chi connectivity index (χ2v) is 2.92. The predicted octanol–water partition coefficient (Wildman–Crippen LogP) is 1.06. The topological polar surface area (TPSA) is 81.5 Å². The molecule has 16 heavy (non-hydrogen) atoms. The number of hydrogen-bond acceptors (Lipinski definition) is 2. The van der Waals surface area contributed by atoms with Crippen molar-refractivity contribution in [3.63, 3.8) is 0 Å². The van der Waals surface area contributed by atoms with Crippen molar-refractivity contribution in [2.75, 3.05) is 5.73 Å². The highest BCUT2D eigenvalue weighted by Gasteiger charge is 2.38. The number of nitrogens with two attached hydrogens (primary N) is 2. The fraction of sp³-hybridized carbons (Fsp3) is 0.111. The summed E-state index contributed by atoms with van der Waals surface area (Å²) in [5.41, 5.74) is 11.2. The number of alkyl halides is 3. The zero-order valence-electron chi connectivity index (χ0n) is 7.95. The fourth-order valence-corrected chi connectivity index (χ4v) is 0.891. The van der Waals surface area contributed by atoms with Crippen molar-refractivity contribution in [3.05, 3.63) is 29.8 Å². The quantitative estimate of drug-likeness (QED) is 0.430. The second-order valence-electron chi connectivity index (χ2n) is 2.92. The molecule has 1 aromatic rings. The van der Waals surface area contributed by atoms with E-state index in [1.54, 1.807) is 0 Å². The summed E-state index contributed by atoms with van der Waals surface area (Å²) in [4.78, 5) is 13.2. The molecule has 0 fully saturated rings. The van der Waals surface area contributed by atoms with Gasteiger partial charge in [0.05, 0.1) is 0 Å². The van der Waals surface area contributed by atoms with Crippen LogP contribution in [0.3, 0.4) is 0 Å². The molecule has 4 N–H and O–H groups in total. The Hall–Kier alpha value is -2.05. The van der Waals surface area contributed by atoms with E-state index in [-0.39, 0.29) is 5.56 Å². The molecular formula is C9H8F3N3O. The molecule has 0 aliphatic heterocycles. The van der Waals surface area contributed by atoms with Crippen LogP contribution in [0.25, 0.3) is 0 Å². The SMILES string of the molecule is NC(=NC(=O)C(F)(F)F)c1ccc(N)cc1. The first kappa shape index (κ1) is 12.0. The highest BCUT2D eigenvalue weighted by Crippen LogP contribution is 2.16. The fourth-order valence-electron chi connectivity index (χ4n) is 0.891. The third-order valence-electron chi connectivity index (χ3n) is 1.67. The van der Waals surface area contributed by atoms with Crippen LogP contribution in [-0.4, -0.2) is 17.9 Å². The smallest absolute Gasteiger partial charge is 0.399 e. The molecule has 0 saturated carbocycles. The number of carbonyl (C=O) groups is 1. The summed E-state index contributed by atoms with van der Waals surface area (Å²) < 4.78 is 35.6. The van der Waals surface area contributed by atoms with E-state index in [1.807, 2.05) is 0 Å². The average Bonchev–Trinajstić information content (AvgIpc) is 2.17. The number of halogens is 3. The lowest BCUT2D eigenvalue weighted by atomic mass is 10.2. The largest absolute Gasteiger partial charge is 0.473 e. The van der Waals surface area contributed by atoms with Crippen LogP contribution in [0, 0.1) is 0 Å². The van der Waals surface area contributed by atoms with Crippen LogP contribution in [0.1, 0.15) is 5.56 Å². The van der Waals surface area contributed by atoms with Gasteiger partial charge in [0.1, 0.15) is 5.84 Å².